The average Bonchev–Trinajstić information content (AvgIpc) is 3.08. The molecule has 1 saturated heterocycles. The van der Waals surface area contributed by atoms with Crippen LogP contribution in [0.3, 0.4) is 0 Å². The highest BCUT2D eigenvalue weighted by Gasteiger charge is 2.26. The van der Waals surface area contributed by atoms with E-state index in [0.717, 1.165) is 25.1 Å². The van der Waals surface area contributed by atoms with E-state index >= 15 is 0 Å². The van der Waals surface area contributed by atoms with Crippen LogP contribution in [-0.4, -0.2) is 45.9 Å². The van der Waals surface area contributed by atoms with E-state index in [9.17, 15) is 4.79 Å². The van der Waals surface area contributed by atoms with Gasteiger partial charge < -0.3 is 9.64 Å². The van der Waals surface area contributed by atoms with Crippen LogP contribution in [-0.2, 0) is 0 Å². The highest BCUT2D eigenvalue weighted by atomic mass is 16.5. The summed E-state index contributed by atoms with van der Waals surface area (Å²) in [7, 11) is 0. The Kier molecular flexibility index (Phi) is 4.14. The van der Waals surface area contributed by atoms with Crippen LogP contribution in [0.25, 0.3) is 0 Å². The molecule has 0 saturated carbocycles. The first-order valence-electron chi connectivity index (χ1n) is 7.16. The molecule has 1 atom stereocenters. The van der Waals surface area contributed by atoms with Gasteiger partial charge in [-0.25, -0.2) is 0 Å². The summed E-state index contributed by atoms with van der Waals surface area (Å²) in [6, 6.07) is 9.77. The van der Waals surface area contributed by atoms with Gasteiger partial charge in [-0.05, 0) is 25.0 Å². The first kappa shape index (κ1) is 13.6. The predicted octanol–water partition coefficient (Wildman–Crippen LogP) is 1.74. The molecule has 2 aromatic rings. The Balaban J connectivity index is 1.55. The van der Waals surface area contributed by atoms with Crippen molar-refractivity contribution in [2.75, 3.05) is 19.7 Å². The molecule has 1 aliphatic rings. The SMILES string of the molecule is O=C(c1cn[nH]n1)N1CCCC(COc2ccccc2)C1. The fourth-order valence-corrected chi connectivity index (χ4v) is 2.58. The third kappa shape index (κ3) is 3.39. The average molecular weight is 286 g/mol. The molecule has 1 amide bonds. The Bertz CT molecular complexity index is 571. The van der Waals surface area contributed by atoms with Gasteiger partial charge in [0, 0.05) is 19.0 Å². The number of H-pyrrole nitrogens is 1. The zero-order valence-corrected chi connectivity index (χ0v) is 11.7. The monoisotopic (exact) mass is 286 g/mol. The molecule has 1 aliphatic heterocycles. The van der Waals surface area contributed by atoms with Crippen LogP contribution in [0.1, 0.15) is 23.3 Å². The van der Waals surface area contributed by atoms with E-state index in [2.05, 4.69) is 15.4 Å². The van der Waals surface area contributed by atoms with Crippen LogP contribution < -0.4 is 4.74 Å². The van der Waals surface area contributed by atoms with Crippen molar-refractivity contribution in [3.05, 3.63) is 42.2 Å². The zero-order valence-electron chi connectivity index (χ0n) is 11.7. The van der Waals surface area contributed by atoms with Crippen molar-refractivity contribution in [1.29, 1.82) is 0 Å². The summed E-state index contributed by atoms with van der Waals surface area (Å²) >= 11 is 0. The number of carbonyl (C=O) groups is 1. The smallest absolute Gasteiger partial charge is 0.276 e. The number of hydrogen-bond acceptors (Lipinski definition) is 4. The lowest BCUT2D eigenvalue weighted by Gasteiger charge is -2.32. The number of likely N-dealkylation sites (tertiary alicyclic amines) is 1. The van der Waals surface area contributed by atoms with Gasteiger partial charge in [0.05, 0.1) is 12.8 Å². The third-order valence-corrected chi connectivity index (χ3v) is 3.67. The molecular formula is C15H18N4O2. The lowest BCUT2D eigenvalue weighted by molar-refractivity contribution is 0.0627. The number of benzene rings is 1. The molecule has 110 valence electrons. The summed E-state index contributed by atoms with van der Waals surface area (Å²) in [6.45, 7) is 2.11. The van der Waals surface area contributed by atoms with E-state index in [1.807, 2.05) is 35.2 Å². The molecule has 0 aliphatic carbocycles. The maximum absolute atomic E-state index is 12.2. The largest absolute Gasteiger partial charge is 0.493 e. The number of nitrogens with zero attached hydrogens (tertiary/aromatic N) is 3. The molecule has 1 fully saturated rings. The molecule has 1 unspecified atom stereocenters. The minimum Gasteiger partial charge on any atom is -0.493 e. The van der Waals surface area contributed by atoms with Gasteiger partial charge >= 0.3 is 0 Å². The van der Waals surface area contributed by atoms with Gasteiger partial charge in [-0.3, -0.25) is 4.79 Å². The van der Waals surface area contributed by atoms with E-state index in [-0.39, 0.29) is 5.91 Å². The Hall–Kier alpha value is -2.37. The van der Waals surface area contributed by atoms with Crippen LogP contribution in [0, 0.1) is 5.92 Å². The first-order chi connectivity index (χ1) is 10.3. The maximum Gasteiger partial charge on any atom is 0.276 e. The van der Waals surface area contributed by atoms with Crippen molar-refractivity contribution < 1.29 is 9.53 Å². The number of rotatable bonds is 4. The number of aromatic nitrogens is 3. The number of aromatic amines is 1. The minimum absolute atomic E-state index is 0.0619. The Morgan fingerprint density at radius 1 is 1.38 bits per heavy atom. The predicted molar refractivity (Wildman–Crippen MR) is 76.9 cm³/mol. The topological polar surface area (TPSA) is 71.1 Å². The van der Waals surface area contributed by atoms with Gasteiger partial charge in [0.2, 0.25) is 0 Å². The third-order valence-electron chi connectivity index (χ3n) is 3.67. The summed E-state index contributed by atoms with van der Waals surface area (Å²) in [5.41, 5.74) is 0.375. The quantitative estimate of drug-likeness (QED) is 0.929. The Labute approximate surface area is 123 Å². The standard InChI is InChI=1S/C15H18N4O2/c20-15(14-9-16-18-17-14)19-8-4-5-12(10-19)11-21-13-6-2-1-3-7-13/h1-3,6-7,9,12H,4-5,8,10-11H2,(H,16,17,18). The molecule has 0 radical (unpaired) electrons. The van der Waals surface area contributed by atoms with Crippen LogP contribution in [0.4, 0.5) is 0 Å². The lowest BCUT2D eigenvalue weighted by Crippen LogP contribution is -2.41. The highest BCUT2D eigenvalue weighted by Crippen LogP contribution is 2.19. The second kappa shape index (κ2) is 6.39. The van der Waals surface area contributed by atoms with E-state index < -0.39 is 0 Å². The molecule has 6 nitrogen and oxygen atoms in total. The molecule has 0 bridgehead atoms. The second-order valence-electron chi connectivity index (χ2n) is 5.24. The number of ether oxygens (including phenoxy) is 1. The van der Waals surface area contributed by atoms with Crippen molar-refractivity contribution in [3.8, 4) is 5.75 Å². The van der Waals surface area contributed by atoms with Crippen molar-refractivity contribution in [2.24, 2.45) is 5.92 Å². The van der Waals surface area contributed by atoms with Crippen LogP contribution in [0.2, 0.25) is 0 Å². The summed E-state index contributed by atoms with van der Waals surface area (Å²) in [5.74, 6) is 1.17. The van der Waals surface area contributed by atoms with Gasteiger partial charge in [0.25, 0.3) is 5.91 Å². The van der Waals surface area contributed by atoms with Crippen molar-refractivity contribution in [2.45, 2.75) is 12.8 Å². The van der Waals surface area contributed by atoms with Gasteiger partial charge in [-0.1, -0.05) is 18.2 Å². The molecule has 1 aromatic heterocycles. The number of piperidine rings is 1. The molecule has 0 spiro atoms. The van der Waals surface area contributed by atoms with E-state index in [1.165, 1.54) is 6.20 Å². The van der Waals surface area contributed by atoms with Crippen LogP contribution in [0.15, 0.2) is 36.5 Å². The van der Waals surface area contributed by atoms with Crippen LogP contribution >= 0.6 is 0 Å². The zero-order chi connectivity index (χ0) is 14.5. The number of hydrogen-bond donors (Lipinski definition) is 1. The second-order valence-corrected chi connectivity index (χ2v) is 5.24. The number of carbonyl (C=O) groups excluding carboxylic acids is 1. The molecule has 3 rings (SSSR count). The summed E-state index contributed by atoms with van der Waals surface area (Å²) in [5, 5.41) is 10.0. The molecule has 1 N–H and O–H groups in total. The van der Waals surface area contributed by atoms with E-state index in [4.69, 9.17) is 4.74 Å². The molecule has 2 heterocycles. The summed E-state index contributed by atoms with van der Waals surface area (Å²) < 4.78 is 5.79. The Morgan fingerprint density at radius 3 is 3.00 bits per heavy atom. The van der Waals surface area contributed by atoms with Gasteiger partial charge in [0.15, 0.2) is 5.69 Å². The molecule has 21 heavy (non-hydrogen) atoms. The number of nitrogens with one attached hydrogen (secondary N) is 1. The number of amides is 1. The summed E-state index contributed by atoms with van der Waals surface area (Å²) in [6.07, 6.45) is 3.54. The molecule has 6 heteroatoms. The van der Waals surface area contributed by atoms with E-state index in [0.29, 0.717) is 24.8 Å². The van der Waals surface area contributed by atoms with Crippen molar-refractivity contribution in [1.82, 2.24) is 20.3 Å². The summed E-state index contributed by atoms with van der Waals surface area (Å²) in [4.78, 5) is 14.1. The van der Waals surface area contributed by atoms with Crippen LogP contribution in [0.5, 0.6) is 5.75 Å². The first-order valence-corrected chi connectivity index (χ1v) is 7.16. The minimum atomic E-state index is -0.0619. The van der Waals surface area contributed by atoms with Gasteiger partial charge in [-0.15, -0.1) is 0 Å². The molecular weight excluding hydrogens is 268 g/mol. The Morgan fingerprint density at radius 2 is 2.24 bits per heavy atom. The fraction of sp³-hybridized carbons (Fsp3) is 0.400. The number of para-hydroxylation sites is 1. The highest BCUT2D eigenvalue weighted by molar-refractivity contribution is 5.91. The van der Waals surface area contributed by atoms with Crippen molar-refractivity contribution in [3.63, 3.8) is 0 Å². The van der Waals surface area contributed by atoms with Gasteiger partial charge in [-0.2, -0.15) is 15.4 Å². The van der Waals surface area contributed by atoms with Crippen molar-refractivity contribution >= 4 is 5.91 Å². The molecule has 1 aromatic carbocycles. The van der Waals surface area contributed by atoms with Gasteiger partial charge in [0.1, 0.15) is 5.75 Å². The van der Waals surface area contributed by atoms with E-state index in [1.54, 1.807) is 0 Å². The fourth-order valence-electron chi connectivity index (χ4n) is 2.58. The maximum atomic E-state index is 12.2. The lowest BCUT2D eigenvalue weighted by atomic mass is 9.98. The normalized spacial score (nSPS) is 18.5.